The van der Waals surface area contributed by atoms with E-state index in [0.29, 0.717) is 19.5 Å². The van der Waals surface area contributed by atoms with Gasteiger partial charge in [0.1, 0.15) is 5.82 Å². The van der Waals surface area contributed by atoms with Crippen LogP contribution in [0.2, 0.25) is 5.02 Å². The molecule has 3 rings (SSSR count). The van der Waals surface area contributed by atoms with Gasteiger partial charge in [0.05, 0.1) is 16.2 Å². The lowest BCUT2D eigenvalue weighted by Crippen LogP contribution is -2.54. The van der Waals surface area contributed by atoms with E-state index in [1.165, 1.54) is 18.2 Å². The number of piperidine rings is 1. The molecule has 5 heteroatoms. The van der Waals surface area contributed by atoms with Gasteiger partial charge in [0.2, 0.25) is 0 Å². The van der Waals surface area contributed by atoms with E-state index in [-0.39, 0.29) is 22.4 Å². The number of likely N-dealkylation sites (tertiary alicyclic amines) is 1. The second kappa shape index (κ2) is 5.58. The standard InChI is InChI=1S/C16H19ClFNO2/c17-12-5-3-6-13(18)14(12)15(20)19-9-8-16(21)7-2-1-4-11(16)10-19/h3,5-6,11,21H,1-2,4,7-10H2. The van der Waals surface area contributed by atoms with E-state index in [0.717, 1.165) is 25.7 Å². The van der Waals surface area contributed by atoms with Gasteiger partial charge in [0.25, 0.3) is 5.91 Å². The maximum absolute atomic E-state index is 13.9. The van der Waals surface area contributed by atoms with Crippen LogP contribution in [-0.4, -0.2) is 34.6 Å². The Morgan fingerprint density at radius 2 is 2.19 bits per heavy atom. The zero-order chi connectivity index (χ0) is 15.0. The maximum atomic E-state index is 13.9. The van der Waals surface area contributed by atoms with Crippen LogP contribution in [0.25, 0.3) is 0 Å². The minimum atomic E-state index is -0.645. The van der Waals surface area contributed by atoms with Crippen LogP contribution in [0.15, 0.2) is 18.2 Å². The van der Waals surface area contributed by atoms with Crippen molar-refractivity contribution < 1.29 is 14.3 Å². The molecule has 1 aliphatic carbocycles. The van der Waals surface area contributed by atoms with E-state index in [9.17, 15) is 14.3 Å². The Morgan fingerprint density at radius 1 is 1.38 bits per heavy atom. The number of fused-ring (bicyclic) bond motifs is 1. The molecule has 1 heterocycles. The van der Waals surface area contributed by atoms with Gasteiger partial charge in [-0.15, -0.1) is 0 Å². The quantitative estimate of drug-likeness (QED) is 0.865. The lowest BCUT2D eigenvalue weighted by atomic mass is 9.71. The summed E-state index contributed by atoms with van der Waals surface area (Å²) in [6.07, 6.45) is 4.41. The van der Waals surface area contributed by atoms with E-state index in [2.05, 4.69) is 0 Å². The van der Waals surface area contributed by atoms with Crippen LogP contribution < -0.4 is 0 Å². The molecular weight excluding hydrogens is 293 g/mol. The number of benzene rings is 1. The number of aliphatic hydroxyl groups is 1. The van der Waals surface area contributed by atoms with Gasteiger partial charge in [0, 0.05) is 19.0 Å². The van der Waals surface area contributed by atoms with Gasteiger partial charge in [-0.2, -0.15) is 0 Å². The summed E-state index contributed by atoms with van der Waals surface area (Å²) in [4.78, 5) is 14.2. The minimum Gasteiger partial charge on any atom is -0.389 e. The van der Waals surface area contributed by atoms with Gasteiger partial charge < -0.3 is 10.0 Å². The summed E-state index contributed by atoms with van der Waals surface area (Å²) in [5, 5.41) is 10.8. The minimum absolute atomic E-state index is 0.0552. The number of carbonyl (C=O) groups is 1. The Bertz CT molecular complexity index is 545. The molecule has 0 bridgehead atoms. The SMILES string of the molecule is O=C(c1c(F)cccc1Cl)N1CCC2(O)CCCCC2C1. The average Bonchev–Trinajstić information content (AvgIpc) is 2.46. The van der Waals surface area contributed by atoms with Crippen molar-refractivity contribution in [3.63, 3.8) is 0 Å². The first-order valence-electron chi connectivity index (χ1n) is 7.47. The number of rotatable bonds is 1. The van der Waals surface area contributed by atoms with E-state index in [1.807, 2.05) is 0 Å². The number of carbonyl (C=O) groups excluding carboxylic acids is 1. The Hall–Kier alpha value is -1.13. The van der Waals surface area contributed by atoms with E-state index in [4.69, 9.17) is 11.6 Å². The summed E-state index contributed by atoms with van der Waals surface area (Å²) in [5.41, 5.74) is -0.700. The molecule has 2 fully saturated rings. The fourth-order valence-corrected chi connectivity index (χ4v) is 3.86. The molecule has 2 unspecified atom stereocenters. The number of halogens is 2. The van der Waals surface area contributed by atoms with Crippen LogP contribution in [0.4, 0.5) is 4.39 Å². The van der Waals surface area contributed by atoms with Crippen molar-refractivity contribution in [2.75, 3.05) is 13.1 Å². The topological polar surface area (TPSA) is 40.5 Å². The van der Waals surface area contributed by atoms with Crippen LogP contribution in [-0.2, 0) is 0 Å². The fraction of sp³-hybridized carbons (Fsp3) is 0.562. The van der Waals surface area contributed by atoms with Crippen LogP contribution in [0, 0.1) is 11.7 Å². The Morgan fingerprint density at radius 3 is 2.95 bits per heavy atom. The molecule has 114 valence electrons. The van der Waals surface area contributed by atoms with Crippen molar-refractivity contribution in [1.82, 2.24) is 4.90 Å². The van der Waals surface area contributed by atoms with Crippen molar-refractivity contribution in [2.45, 2.75) is 37.7 Å². The Labute approximate surface area is 128 Å². The van der Waals surface area contributed by atoms with Crippen LogP contribution >= 0.6 is 11.6 Å². The second-order valence-electron chi connectivity index (χ2n) is 6.14. The predicted molar refractivity (Wildman–Crippen MR) is 78.8 cm³/mol. The summed E-state index contributed by atoms with van der Waals surface area (Å²) in [6, 6.07) is 4.27. The van der Waals surface area contributed by atoms with Gasteiger partial charge in [-0.05, 0) is 31.4 Å². The van der Waals surface area contributed by atoms with Crippen LogP contribution in [0.1, 0.15) is 42.5 Å². The summed E-state index contributed by atoms with van der Waals surface area (Å²) in [7, 11) is 0. The van der Waals surface area contributed by atoms with Gasteiger partial charge in [-0.3, -0.25) is 4.79 Å². The molecule has 0 aromatic heterocycles. The molecule has 1 aliphatic heterocycles. The molecule has 1 N–H and O–H groups in total. The monoisotopic (exact) mass is 311 g/mol. The first kappa shape index (κ1) is 14.8. The number of nitrogens with zero attached hydrogens (tertiary/aromatic N) is 1. The molecule has 21 heavy (non-hydrogen) atoms. The molecule has 0 radical (unpaired) electrons. The molecule has 0 spiro atoms. The molecule has 1 aromatic carbocycles. The van der Waals surface area contributed by atoms with E-state index < -0.39 is 11.4 Å². The fourth-order valence-electron chi connectivity index (χ4n) is 3.62. The van der Waals surface area contributed by atoms with Crippen molar-refractivity contribution in [1.29, 1.82) is 0 Å². The third-order valence-electron chi connectivity index (χ3n) is 4.89. The molecule has 1 saturated carbocycles. The van der Waals surface area contributed by atoms with Gasteiger partial charge >= 0.3 is 0 Å². The number of hydrogen-bond acceptors (Lipinski definition) is 2. The van der Waals surface area contributed by atoms with Gasteiger partial charge in [0.15, 0.2) is 0 Å². The maximum Gasteiger partial charge on any atom is 0.258 e. The molecule has 3 nitrogen and oxygen atoms in total. The highest BCUT2D eigenvalue weighted by Gasteiger charge is 2.44. The molecular formula is C16H19ClFNO2. The van der Waals surface area contributed by atoms with Crippen molar-refractivity contribution in [2.24, 2.45) is 5.92 Å². The zero-order valence-electron chi connectivity index (χ0n) is 11.8. The van der Waals surface area contributed by atoms with Crippen molar-refractivity contribution in [3.8, 4) is 0 Å². The molecule has 1 amide bonds. The van der Waals surface area contributed by atoms with Crippen molar-refractivity contribution in [3.05, 3.63) is 34.6 Å². The Balaban J connectivity index is 1.81. The highest BCUT2D eigenvalue weighted by molar-refractivity contribution is 6.33. The smallest absolute Gasteiger partial charge is 0.258 e. The molecule has 2 aliphatic rings. The summed E-state index contributed by atoms with van der Waals surface area (Å²) < 4.78 is 13.9. The number of hydrogen-bond donors (Lipinski definition) is 1. The third-order valence-corrected chi connectivity index (χ3v) is 5.21. The second-order valence-corrected chi connectivity index (χ2v) is 6.55. The van der Waals surface area contributed by atoms with Crippen molar-refractivity contribution >= 4 is 17.5 Å². The molecule has 1 aromatic rings. The van der Waals surface area contributed by atoms with Gasteiger partial charge in [-0.1, -0.05) is 30.5 Å². The highest BCUT2D eigenvalue weighted by Crippen LogP contribution is 2.40. The van der Waals surface area contributed by atoms with Gasteiger partial charge in [-0.25, -0.2) is 4.39 Å². The first-order chi connectivity index (χ1) is 10.0. The number of amides is 1. The summed E-state index contributed by atoms with van der Waals surface area (Å²) in [6.45, 7) is 0.941. The molecule has 1 saturated heterocycles. The Kier molecular flexibility index (Phi) is 3.93. The zero-order valence-corrected chi connectivity index (χ0v) is 12.6. The van der Waals surface area contributed by atoms with Crippen LogP contribution in [0.3, 0.4) is 0 Å². The largest absolute Gasteiger partial charge is 0.389 e. The van der Waals surface area contributed by atoms with E-state index in [1.54, 1.807) is 4.90 Å². The first-order valence-corrected chi connectivity index (χ1v) is 7.85. The van der Waals surface area contributed by atoms with E-state index >= 15 is 0 Å². The predicted octanol–water partition coefficient (Wildman–Crippen LogP) is 3.25. The highest BCUT2D eigenvalue weighted by atomic mass is 35.5. The molecule has 2 atom stereocenters. The normalized spacial score (nSPS) is 29.1. The lowest BCUT2D eigenvalue weighted by molar-refractivity contribution is -0.0886. The summed E-state index contributed by atoms with van der Waals surface area (Å²) in [5.74, 6) is -0.864. The average molecular weight is 312 g/mol. The summed E-state index contributed by atoms with van der Waals surface area (Å²) >= 11 is 5.97. The van der Waals surface area contributed by atoms with Crippen LogP contribution in [0.5, 0.6) is 0 Å². The lowest BCUT2D eigenvalue weighted by Gasteiger charge is -2.47. The third kappa shape index (κ3) is 2.67.